The van der Waals surface area contributed by atoms with E-state index in [1.165, 1.54) is 5.56 Å². The van der Waals surface area contributed by atoms with Crippen LogP contribution in [0.1, 0.15) is 40.2 Å². The number of rotatable bonds is 3. The summed E-state index contributed by atoms with van der Waals surface area (Å²) in [6, 6.07) is 12.1. The maximum atomic E-state index is 13.1. The molecule has 2 saturated heterocycles. The highest BCUT2D eigenvalue weighted by molar-refractivity contribution is 6.42. The largest absolute Gasteiger partial charge is 0.496 e. The number of piperazine rings is 1. The third kappa shape index (κ3) is 4.11. The number of carbonyl (C=O) groups excluding carboxylic acids is 1. The molecule has 0 aromatic heterocycles. The van der Waals surface area contributed by atoms with Crippen LogP contribution in [-0.4, -0.2) is 55.0 Å². The summed E-state index contributed by atoms with van der Waals surface area (Å²) in [5.41, 5.74) is 2.90. The zero-order valence-corrected chi connectivity index (χ0v) is 18.3. The van der Waals surface area contributed by atoms with Gasteiger partial charge in [0.05, 0.1) is 17.2 Å². The molecule has 29 heavy (non-hydrogen) atoms. The molecule has 0 aliphatic carbocycles. The second-order valence-electron chi connectivity index (χ2n) is 7.98. The Morgan fingerprint density at radius 2 is 1.90 bits per heavy atom. The maximum Gasteiger partial charge on any atom is 0.254 e. The van der Waals surface area contributed by atoms with Crippen molar-refractivity contribution in [3.05, 3.63) is 63.1 Å². The summed E-state index contributed by atoms with van der Waals surface area (Å²) < 4.78 is 5.38. The highest BCUT2D eigenvalue weighted by Crippen LogP contribution is 2.35. The van der Waals surface area contributed by atoms with E-state index in [2.05, 4.69) is 11.0 Å². The summed E-state index contributed by atoms with van der Waals surface area (Å²) in [4.78, 5) is 17.7. The molecule has 0 spiro atoms. The predicted molar refractivity (Wildman–Crippen MR) is 117 cm³/mol. The van der Waals surface area contributed by atoms with Gasteiger partial charge in [0.2, 0.25) is 0 Å². The van der Waals surface area contributed by atoms with Crippen LogP contribution in [0, 0.1) is 6.92 Å². The summed E-state index contributed by atoms with van der Waals surface area (Å²) in [7, 11) is 1.64. The zero-order chi connectivity index (χ0) is 20.5. The molecule has 2 heterocycles. The van der Waals surface area contributed by atoms with E-state index in [0.29, 0.717) is 22.0 Å². The van der Waals surface area contributed by atoms with Gasteiger partial charge in [-0.15, -0.1) is 0 Å². The highest BCUT2D eigenvalue weighted by atomic mass is 35.5. The van der Waals surface area contributed by atoms with Crippen molar-refractivity contribution in [2.45, 2.75) is 31.7 Å². The number of carbonyl (C=O) groups is 1. The number of halogens is 2. The van der Waals surface area contributed by atoms with Gasteiger partial charge in [0.1, 0.15) is 5.75 Å². The van der Waals surface area contributed by atoms with E-state index in [4.69, 9.17) is 27.9 Å². The number of hydrogen-bond donors (Lipinski definition) is 0. The molecule has 2 aromatic carbocycles. The van der Waals surface area contributed by atoms with Gasteiger partial charge in [0.15, 0.2) is 0 Å². The highest BCUT2D eigenvalue weighted by Gasteiger charge is 2.35. The fraction of sp³-hybridized carbons (Fsp3) is 0.435. The molecular weight excluding hydrogens is 407 g/mol. The van der Waals surface area contributed by atoms with E-state index in [0.717, 1.165) is 55.9 Å². The maximum absolute atomic E-state index is 13.1. The lowest BCUT2D eigenvalue weighted by molar-refractivity contribution is 0.0328. The lowest BCUT2D eigenvalue weighted by atomic mass is 9.86. The van der Waals surface area contributed by atoms with Gasteiger partial charge in [-0.3, -0.25) is 9.69 Å². The number of benzene rings is 2. The average Bonchev–Trinajstić information content (AvgIpc) is 2.74. The van der Waals surface area contributed by atoms with E-state index in [1.807, 2.05) is 42.2 Å². The standard InChI is InChI=1S/C23H26Cl2N2O2/c1-15-19(4-3-5-22(15)29-2)23(28)27-11-10-26-13-17(6-8-18(26)14-27)16-7-9-20(24)21(25)12-16/h3-5,7,9,12,17-18H,6,8,10-11,13-14H2,1-2H3. The Balaban J connectivity index is 1.43. The molecular formula is C23H26Cl2N2O2. The van der Waals surface area contributed by atoms with E-state index < -0.39 is 0 Å². The van der Waals surface area contributed by atoms with E-state index in [9.17, 15) is 4.79 Å². The first kappa shape index (κ1) is 20.5. The van der Waals surface area contributed by atoms with Gasteiger partial charge in [0, 0.05) is 43.3 Å². The molecule has 1 amide bonds. The molecule has 0 saturated carbocycles. The average molecular weight is 433 g/mol. The van der Waals surface area contributed by atoms with E-state index in [-0.39, 0.29) is 5.91 Å². The first-order valence-electron chi connectivity index (χ1n) is 10.1. The SMILES string of the molecule is COc1cccc(C(=O)N2CCN3CC(c4ccc(Cl)c(Cl)c4)CCC3C2)c1C. The molecule has 4 nitrogen and oxygen atoms in total. The first-order chi connectivity index (χ1) is 14.0. The lowest BCUT2D eigenvalue weighted by Crippen LogP contribution is -2.57. The fourth-order valence-electron chi connectivity index (χ4n) is 4.64. The van der Waals surface area contributed by atoms with Gasteiger partial charge >= 0.3 is 0 Å². The topological polar surface area (TPSA) is 32.8 Å². The van der Waals surface area contributed by atoms with Crippen LogP contribution in [0.3, 0.4) is 0 Å². The van der Waals surface area contributed by atoms with Crippen LogP contribution in [0.2, 0.25) is 10.0 Å². The van der Waals surface area contributed by atoms with Crippen molar-refractivity contribution in [3.63, 3.8) is 0 Å². The minimum atomic E-state index is 0.104. The van der Waals surface area contributed by atoms with Crippen molar-refractivity contribution in [2.75, 3.05) is 33.3 Å². The summed E-state index contributed by atoms with van der Waals surface area (Å²) in [5.74, 6) is 1.33. The summed E-state index contributed by atoms with van der Waals surface area (Å²) in [6.07, 6.45) is 2.17. The number of hydrogen-bond acceptors (Lipinski definition) is 3. The van der Waals surface area contributed by atoms with E-state index >= 15 is 0 Å². The lowest BCUT2D eigenvalue weighted by Gasteiger charge is -2.46. The fourth-order valence-corrected chi connectivity index (χ4v) is 4.94. The van der Waals surface area contributed by atoms with Crippen LogP contribution >= 0.6 is 23.2 Å². The molecule has 2 aromatic rings. The van der Waals surface area contributed by atoms with Crippen LogP contribution in [0.4, 0.5) is 0 Å². The number of amides is 1. The summed E-state index contributed by atoms with van der Waals surface area (Å²) in [6.45, 7) is 5.38. The Morgan fingerprint density at radius 1 is 1.07 bits per heavy atom. The number of piperidine rings is 1. The predicted octanol–water partition coefficient (Wildman–Crippen LogP) is 5.01. The third-order valence-electron chi connectivity index (χ3n) is 6.34. The third-order valence-corrected chi connectivity index (χ3v) is 7.08. The Kier molecular flexibility index (Phi) is 6.05. The summed E-state index contributed by atoms with van der Waals surface area (Å²) in [5, 5.41) is 1.22. The molecule has 2 atom stereocenters. The molecule has 2 fully saturated rings. The van der Waals surface area contributed by atoms with Crippen LogP contribution < -0.4 is 4.74 Å². The second-order valence-corrected chi connectivity index (χ2v) is 8.79. The first-order valence-corrected chi connectivity index (χ1v) is 10.9. The number of fused-ring (bicyclic) bond motifs is 1. The van der Waals surface area contributed by atoms with Crippen molar-refractivity contribution in [3.8, 4) is 5.75 Å². The molecule has 2 aliphatic rings. The molecule has 0 N–H and O–H groups in total. The van der Waals surface area contributed by atoms with Gasteiger partial charge in [-0.05, 0) is 55.5 Å². The number of ether oxygens (including phenoxy) is 1. The molecule has 6 heteroatoms. The minimum absolute atomic E-state index is 0.104. The minimum Gasteiger partial charge on any atom is -0.496 e. The molecule has 2 aliphatic heterocycles. The Bertz CT molecular complexity index is 918. The molecule has 154 valence electrons. The van der Waals surface area contributed by atoms with Crippen molar-refractivity contribution in [1.82, 2.24) is 9.80 Å². The van der Waals surface area contributed by atoms with Crippen LogP contribution in [0.15, 0.2) is 36.4 Å². The Labute approximate surface area is 182 Å². The van der Waals surface area contributed by atoms with Crippen molar-refractivity contribution < 1.29 is 9.53 Å². The smallest absolute Gasteiger partial charge is 0.254 e. The van der Waals surface area contributed by atoms with Gasteiger partial charge < -0.3 is 9.64 Å². The van der Waals surface area contributed by atoms with Gasteiger partial charge in [-0.1, -0.05) is 35.3 Å². The van der Waals surface area contributed by atoms with Crippen LogP contribution in [0.5, 0.6) is 5.75 Å². The normalized spacial score (nSPS) is 22.3. The van der Waals surface area contributed by atoms with Crippen molar-refractivity contribution in [2.24, 2.45) is 0 Å². The zero-order valence-electron chi connectivity index (χ0n) is 16.8. The number of methoxy groups -OCH3 is 1. The van der Waals surface area contributed by atoms with Crippen molar-refractivity contribution in [1.29, 1.82) is 0 Å². The molecule has 2 unspecified atom stereocenters. The van der Waals surface area contributed by atoms with Gasteiger partial charge in [0.25, 0.3) is 5.91 Å². The van der Waals surface area contributed by atoms with E-state index in [1.54, 1.807) is 7.11 Å². The van der Waals surface area contributed by atoms with Gasteiger partial charge in [-0.25, -0.2) is 0 Å². The quantitative estimate of drug-likeness (QED) is 0.682. The molecule has 0 radical (unpaired) electrons. The second kappa shape index (κ2) is 8.55. The van der Waals surface area contributed by atoms with Crippen LogP contribution in [-0.2, 0) is 0 Å². The number of nitrogens with zero attached hydrogens (tertiary/aromatic N) is 2. The Morgan fingerprint density at radius 3 is 2.66 bits per heavy atom. The molecule has 4 rings (SSSR count). The molecule has 0 bridgehead atoms. The summed E-state index contributed by atoms with van der Waals surface area (Å²) >= 11 is 12.3. The van der Waals surface area contributed by atoms with Crippen LogP contribution in [0.25, 0.3) is 0 Å². The van der Waals surface area contributed by atoms with Gasteiger partial charge in [-0.2, -0.15) is 0 Å². The Hall–Kier alpha value is -1.75. The van der Waals surface area contributed by atoms with Crippen molar-refractivity contribution >= 4 is 29.1 Å². The monoisotopic (exact) mass is 432 g/mol.